The highest BCUT2D eigenvalue weighted by atomic mass is 16.5. The monoisotopic (exact) mass is 390 g/mol. The lowest BCUT2D eigenvalue weighted by atomic mass is 10.1. The van der Waals surface area contributed by atoms with E-state index >= 15 is 0 Å². The van der Waals surface area contributed by atoms with Gasteiger partial charge in [0.1, 0.15) is 5.65 Å². The van der Waals surface area contributed by atoms with Crippen LogP contribution in [0.25, 0.3) is 17.1 Å². The third-order valence-corrected chi connectivity index (χ3v) is 4.52. The number of fused-ring (bicyclic) bond motifs is 1. The Balaban J connectivity index is 1.65. The van der Waals surface area contributed by atoms with Crippen LogP contribution in [0.15, 0.2) is 66.0 Å². The molecule has 8 heteroatoms. The Hall–Kier alpha value is -4.07. The first-order chi connectivity index (χ1) is 13.9. The Bertz CT molecular complexity index is 1170. The van der Waals surface area contributed by atoms with E-state index in [1.807, 2.05) is 37.2 Å². The van der Waals surface area contributed by atoms with Crippen molar-refractivity contribution >= 4 is 40.2 Å². The SMILES string of the molecule is CN(C)c1ccc(NC2=C(C(=O)O)C(=O)C(=Cc3c[nH]c4ncccc34)O2)cc1. The van der Waals surface area contributed by atoms with Crippen molar-refractivity contribution in [3.05, 3.63) is 71.6 Å². The number of rotatable bonds is 5. The summed E-state index contributed by atoms with van der Waals surface area (Å²) >= 11 is 0. The molecule has 0 amide bonds. The van der Waals surface area contributed by atoms with Gasteiger partial charge in [-0.25, -0.2) is 9.78 Å². The van der Waals surface area contributed by atoms with Crippen LogP contribution in [-0.4, -0.2) is 40.9 Å². The molecule has 0 spiro atoms. The lowest BCUT2D eigenvalue weighted by molar-refractivity contribution is -0.134. The second-order valence-electron chi connectivity index (χ2n) is 6.66. The van der Waals surface area contributed by atoms with E-state index < -0.39 is 17.3 Å². The lowest BCUT2D eigenvalue weighted by Crippen LogP contribution is -2.12. The minimum atomic E-state index is -1.36. The first-order valence-electron chi connectivity index (χ1n) is 8.82. The Morgan fingerprint density at radius 2 is 2.00 bits per heavy atom. The molecular formula is C21H18N4O4. The zero-order valence-electron chi connectivity index (χ0n) is 15.8. The van der Waals surface area contributed by atoms with Crippen LogP contribution in [0.5, 0.6) is 0 Å². The van der Waals surface area contributed by atoms with Gasteiger partial charge in [-0.1, -0.05) is 0 Å². The van der Waals surface area contributed by atoms with Crippen LogP contribution in [0.4, 0.5) is 11.4 Å². The van der Waals surface area contributed by atoms with E-state index in [1.165, 1.54) is 6.08 Å². The Morgan fingerprint density at radius 1 is 1.24 bits per heavy atom. The first kappa shape index (κ1) is 18.3. The minimum Gasteiger partial charge on any atom is -0.477 e. The van der Waals surface area contributed by atoms with E-state index in [0.717, 1.165) is 11.1 Å². The number of aromatic amines is 1. The predicted octanol–water partition coefficient (Wildman–Crippen LogP) is 2.98. The number of allylic oxidation sites excluding steroid dienone is 1. The molecule has 0 fully saturated rings. The summed E-state index contributed by atoms with van der Waals surface area (Å²) in [6, 6.07) is 10.9. The van der Waals surface area contributed by atoms with Gasteiger partial charge in [-0.15, -0.1) is 0 Å². The largest absolute Gasteiger partial charge is 0.477 e. The number of H-pyrrole nitrogens is 1. The van der Waals surface area contributed by atoms with Gasteiger partial charge in [-0.05, 0) is 42.5 Å². The number of carbonyl (C=O) groups is 2. The van der Waals surface area contributed by atoms with Gasteiger partial charge in [0.2, 0.25) is 11.7 Å². The van der Waals surface area contributed by atoms with Crippen molar-refractivity contribution in [1.29, 1.82) is 0 Å². The van der Waals surface area contributed by atoms with Gasteiger partial charge in [0.05, 0.1) is 0 Å². The number of carboxylic acid groups (broad SMARTS) is 1. The minimum absolute atomic E-state index is 0.0698. The maximum Gasteiger partial charge on any atom is 0.345 e. The number of nitrogens with zero attached hydrogens (tertiary/aromatic N) is 2. The van der Waals surface area contributed by atoms with Crippen molar-refractivity contribution in [2.24, 2.45) is 0 Å². The second-order valence-corrected chi connectivity index (χ2v) is 6.66. The number of Topliss-reactive ketones (excluding diaryl/α,β-unsaturated/α-hetero) is 1. The average molecular weight is 390 g/mol. The smallest absolute Gasteiger partial charge is 0.345 e. The maximum absolute atomic E-state index is 12.6. The number of aromatic nitrogens is 2. The van der Waals surface area contributed by atoms with Crippen LogP contribution in [0.3, 0.4) is 0 Å². The Labute approximate surface area is 166 Å². The molecule has 146 valence electrons. The van der Waals surface area contributed by atoms with Crippen LogP contribution in [0.1, 0.15) is 5.56 Å². The van der Waals surface area contributed by atoms with Gasteiger partial charge < -0.3 is 25.0 Å². The fraction of sp³-hybridized carbons (Fsp3) is 0.0952. The molecule has 3 N–H and O–H groups in total. The summed E-state index contributed by atoms with van der Waals surface area (Å²) in [4.78, 5) is 33.5. The van der Waals surface area contributed by atoms with E-state index in [-0.39, 0.29) is 11.6 Å². The summed E-state index contributed by atoms with van der Waals surface area (Å²) in [5.74, 6) is -2.22. The van der Waals surface area contributed by atoms with Crippen molar-refractivity contribution in [2.75, 3.05) is 24.3 Å². The number of pyridine rings is 1. The number of nitrogens with one attached hydrogen (secondary N) is 2. The highest BCUT2D eigenvalue weighted by Crippen LogP contribution is 2.30. The van der Waals surface area contributed by atoms with Gasteiger partial charge in [-0.2, -0.15) is 0 Å². The van der Waals surface area contributed by atoms with Gasteiger partial charge in [-0.3, -0.25) is 4.79 Å². The third-order valence-electron chi connectivity index (χ3n) is 4.52. The molecule has 3 aromatic rings. The van der Waals surface area contributed by atoms with E-state index in [4.69, 9.17) is 4.74 Å². The number of anilines is 2. The fourth-order valence-electron chi connectivity index (χ4n) is 3.02. The zero-order valence-corrected chi connectivity index (χ0v) is 15.8. The summed E-state index contributed by atoms with van der Waals surface area (Å²) in [5.41, 5.74) is 2.49. The molecule has 29 heavy (non-hydrogen) atoms. The normalized spacial score (nSPS) is 15.1. The summed E-state index contributed by atoms with van der Waals surface area (Å²) in [6.45, 7) is 0. The number of hydrogen-bond acceptors (Lipinski definition) is 6. The van der Waals surface area contributed by atoms with Gasteiger partial charge in [0.15, 0.2) is 11.3 Å². The van der Waals surface area contributed by atoms with Crippen molar-refractivity contribution < 1.29 is 19.4 Å². The maximum atomic E-state index is 12.6. The van der Waals surface area contributed by atoms with E-state index in [0.29, 0.717) is 16.9 Å². The van der Waals surface area contributed by atoms with E-state index in [2.05, 4.69) is 15.3 Å². The molecule has 4 rings (SSSR count). The van der Waals surface area contributed by atoms with E-state index in [1.54, 1.807) is 30.6 Å². The lowest BCUT2D eigenvalue weighted by Gasteiger charge is -2.13. The molecule has 0 atom stereocenters. The molecule has 2 aromatic heterocycles. The van der Waals surface area contributed by atoms with Crippen LogP contribution >= 0.6 is 0 Å². The van der Waals surface area contributed by atoms with Crippen molar-refractivity contribution in [2.45, 2.75) is 0 Å². The Morgan fingerprint density at radius 3 is 2.69 bits per heavy atom. The molecule has 8 nitrogen and oxygen atoms in total. The molecule has 0 saturated carbocycles. The number of ketones is 1. The predicted molar refractivity (Wildman–Crippen MR) is 109 cm³/mol. The molecule has 1 aromatic carbocycles. The number of ether oxygens (including phenoxy) is 1. The molecule has 0 radical (unpaired) electrons. The summed E-state index contributed by atoms with van der Waals surface area (Å²) in [5, 5.41) is 13.2. The van der Waals surface area contributed by atoms with Gasteiger partial charge >= 0.3 is 5.97 Å². The molecule has 1 aliphatic heterocycles. The molecule has 1 aliphatic rings. The number of carboxylic acids is 1. The third kappa shape index (κ3) is 3.43. The Kier molecular flexibility index (Phi) is 4.52. The van der Waals surface area contributed by atoms with Crippen LogP contribution in [0, 0.1) is 0 Å². The van der Waals surface area contributed by atoms with Crippen molar-refractivity contribution in [3.63, 3.8) is 0 Å². The number of carbonyl (C=O) groups excluding carboxylic acids is 1. The van der Waals surface area contributed by atoms with Crippen molar-refractivity contribution in [1.82, 2.24) is 9.97 Å². The number of aliphatic carboxylic acids is 1. The summed E-state index contributed by atoms with van der Waals surface area (Å²) in [6.07, 6.45) is 4.85. The molecule has 0 unspecified atom stereocenters. The zero-order chi connectivity index (χ0) is 20.5. The van der Waals surface area contributed by atoms with Crippen LogP contribution in [-0.2, 0) is 14.3 Å². The quantitative estimate of drug-likeness (QED) is 0.454. The number of hydrogen-bond donors (Lipinski definition) is 3. The molecule has 3 heterocycles. The standard InChI is InChI=1S/C21H18N4O4/c1-25(2)14-7-5-13(6-8-14)24-20-17(21(27)28)18(26)16(29-20)10-12-11-23-19-15(12)4-3-9-22-19/h3-11,24H,1-2H3,(H,22,23)(H,27,28). The number of benzene rings is 1. The highest BCUT2D eigenvalue weighted by molar-refractivity contribution is 6.26. The molecule has 0 saturated heterocycles. The molecule has 0 bridgehead atoms. The fourth-order valence-corrected chi connectivity index (χ4v) is 3.02. The average Bonchev–Trinajstić information content (AvgIpc) is 3.24. The van der Waals surface area contributed by atoms with Gasteiger partial charge in [0, 0.05) is 48.8 Å². The van der Waals surface area contributed by atoms with Gasteiger partial charge in [0.25, 0.3) is 0 Å². The first-order valence-corrected chi connectivity index (χ1v) is 8.82. The summed E-state index contributed by atoms with van der Waals surface area (Å²) in [7, 11) is 3.84. The van der Waals surface area contributed by atoms with E-state index in [9.17, 15) is 14.7 Å². The topological polar surface area (TPSA) is 108 Å². The molecular weight excluding hydrogens is 372 g/mol. The van der Waals surface area contributed by atoms with Crippen molar-refractivity contribution in [3.8, 4) is 0 Å². The van der Waals surface area contributed by atoms with Crippen LogP contribution in [0.2, 0.25) is 0 Å². The highest BCUT2D eigenvalue weighted by Gasteiger charge is 2.36. The molecule has 0 aliphatic carbocycles. The summed E-state index contributed by atoms with van der Waals surface area (Å²) < 4.78 is 5.61. The van der Waals surface area contributed by atoms with Crippen LogP contribution < -0.4 is 10.2 Å². The second kappa shape index (κ2) is 7.16.